The molecule has 1 aromatic carbocycles. The van der Waals surface area contributed by atoms with Crippen molar-refractivity contribution in [2.45, 2.75) is 19.0 Å². The van der Waals surface area contributed by atoms with E-state index in [0.29, 0.717) is 17.8 Å². The molecule has 0 amide bonds. The first-order valence-electron chi connectivity index (χ1n) is 5.80. The fourth-order valence-electron chi connectivity index (χ4n) is 1.50. The zero-order valence-corrected chi connectivity index (χ0v) is 10.2. The average molecular weight is 286 g/mol. The van der Waals surface area contributed by atoms with Gasteiger partial charge in [0.05, 0.1) is 12.2 Å². The molecular formula is C12H10F4N4. The molecule has 0 bridgehead atoms. The summed E-state index contributed by atoms with van der Waals surface area (Å²) < 4.78 is 49.2. The van der Waals surface area contributed by atoms with Gasteiger partial charge in [-0.15, -0.1) is 20.4 Å². The summed E-state index contributed by atoms with van der Waals surface area (Å²) in [7, 11) is 0. The molecule has 2 rings (SSSR count). The topological polar surface area (TPSA) is 51.6 Å². The predicted molar refractivity (Wildman–Crippen MR) is 62.4 cm³/mol. The largest absolute Gasteiger partial charge is 0.416 e. The molecule has 106 valence electrons. The van der Waals surface area contributed by atoms with E-state index < -0.39 is 18.4 Å². The first-order chi connectivity index (χ1) is 9.50. The Morgan fingerprint density at radius 1 is 0.900 bits per heavy atom. The third-order valence-corrected chi connectivity index (χ3v) is 2.52. The Hall–Kier alpha value is -2.12. The molecule has 2 aromatic rings. The van der Waals surface area contributed by atoms with Crippen molar-refractivity contribution in [1.82, 2.24) is 20.4 Å². The second-order valence-electron chi connectivity index (χ2n) is 4.01. The van der Waals surface area contributed by atoms with Crippen molar-refractivity contribution in [3.63, 3.8) is 0 Å². The van der Waals surface area contributed by atoms with E-state index in [4.69, 9.17) is 0 Å². The zero-order chi connectivity index (χ0) is 14.6. The van der Waals surface area contributed by atoms with E-state index in [1.165, 1.54) is 12.1 Å². The minimum atomic E-state index is -4.38. The Kier molecular flexibility index (Phi) is 4.21. The Bertz CT molecular complexity index is 551. The maximum Gasteiger partial charge on any atom is 0.416 e. The Balaban J connectivity index is 2.15. The fourth-order valence-corrected chi connectivity index (χ4v) is 1.50. The number of alkyl halides is 4. The van der Waals surface area contributed by atoms with Crippen molar-refractivity contribution < 1.29 is 17.6 Å². The van der Waals surface area contributed by atoms with Gasteiger partial charge in [-0.25, -0.2) is 0 Å². The molecule has 0 fully saturated rings. The number of benzene rings is 1. The van der Waals surface area contributed by atoms with Crippen LogP contribution in [0.15, 0.2) is 24.3 Å². The molecule has 1 heterocycles. The third-order valence-electron chi connectivity index (χ3n) is 2.52. The Morgan fingerprint density at radius 2 is 1.50 bits per heavy atom. The van der Waals surface area contributed by atoms with Crippen molar-refractivity contribution in [1.29, 1.82) is 0 Å². The van der Waals surface area contributed by atoms with Gasteiger partial charge in [-0.3, -0.25) is 4.39 Å². The molecule has 0 saturated heterocycles. The van der Waals surface area contributed by atoms with Gasteiger partial charge < -0.3 is 0 Å². The van der Waals surface area contributed by atoms with Crippen LogP contribution < -0.4 is 0 Å². The lowest BCUT2D eigenvalue weighted by Gasteiger charge is -2.06. The lowest BCUT2D eigenvalue weighted by Crippen LogP contribution is -2.05. The SMILES string of the molecule is FCCCc1nnc(-c2ccc(C(F)(F)F)cc2)nn1. The lowest BCUT2D eigenvalue weighted by molar-refractivity contribution is -0.137. The van der Waals surface area contributed by atoms with Gasteiger partial charge in [-0.05, 0) is 18.6 Å². The third kappa shape index (κ3) is 3.46. The van der Waals surface area contributed by atoms with Crippen LogP contribution in [-0.2, 0) is 12.6 Å². The number of aromatic nitrogens is 4. The monoisotopic (exact) mass is 286 g/mol. The average Bonchev–Trinajstić information content (AvgIpc) is 2.45. The number of halogens is 4. The second kappa shape index (κ2) is 5.89. The van der Waals surface area contributed by atoms with Crippen LogP contribution in [0.25, 0.3) is 11.4 Å². The van der Waals surface area contributed by atoms with E-state index in [1.807, 2.05) is 0 Å². The molecule has 0 saturated carbocycles. The maximum absolute atomic E-state index is 12.4. The van der Waals surface area contributed by atoms with Crippen LogP contribution in [0, 0.1) is 0 Å². The number of hydrogen-bond donors (Lipinski definition) is 0. The number of rotatable bonds is 4. The predicted octanol–water partition coefficient (Wildman–Crippen LogP) is 2.85. The van der Waals surface area contributed by atoms with Gasteiger partial charge in [-0.1, -0.05) is 12.1 Å². The molecule has 0 spiro atoms. The Labute approximate surface area is 111 Å². The molecule has 0 aliphatic rings. The zero-order valence-electron chi connectivity index (χ0n) is 10.2. The van der Waals surface area contributed by atoms with Crippen LogP contribution in [0.5, 0.6) is 0 Å². The molecule has 0 atom stereocenters. The minimum absolute atomic E-state index is 0.128. The smallest absolute Gasteiger partial charge is 0.251 e. The van der Waals surface area contributed by atoms with E-state index in [1.54, 1.807) is 0 Å². The van der Waals surface area contributed by atoms with Crippen LogP contribution >= 0.6 is 0 Å². The van der Waals surface area contributed by atoms with Crippen LogP contribution in [0.2, 0.25) is 0 Å². The molecular weight excluding hydrogens is 276 g/mol. The van der Waals surface area contributed by atoms with E-state index >= 15 is 0 Å². The molecule has 20 heavy (non-hydrogen) atoms. The van der Waals surface area contributed by atoms with Gasteiger partial charge in [0, 0.05) is 12.0 Å². The molecule has 0 aliphatic heterocycles. The summed E-state index contributed by atoms with van der Waals surface area (Å²) in [6.45, 7) is -0.482. The molecule has 0 radical (unpaired) electrons. The van der Waals surface area contributed by atoms with Crippen molar-refractivity contribution in [3.8, 4) is 11.4 Å². The highest BCUT2D eigenvalue weighted by Gasteiger charge is 2.30. The summed E-state index contributed by atoms with van der Waals surface area (Å²) in [6.07, 6.45) is -3.78. The highest BCUT2D eigenvalue weighted by molar-refractivity contribution is 5.54. The highest BCUT2D eigenvalue weighted by Crippen LogP contribution is 2.30. The van der Waals surface area contributed by atoms with Gasteiger partial charge in [0.25, 0.3) is 0 Å². The highest BCUT2D eigenvalue weighted by atomic mass is 19.4. The molecule has 8 heteroatoms. The molecule has 1 aromatic heterocycles. The molecule has 0 aliphatic carbocycles. The van der Waals surface area contributed by atoms with Crippen molar-refractivity contribution >= 4 is 0 Å². The number of hydrogen-bond acceptors (Lipinski definition) is 4. The number of nitrogens with zero attached hydrogens (tertiary/aromatic N) is 4. The van der Waals surface area contributed by atoms with E-state index in [9.17, 15) is 17.6 Å². The van der Waals surface area contributed by atoms with Gasteiger partial charge >= 0.3 is 6.18 Å². The maximum atomic E-state index is 12.4. The van der Waals surface area contributed by atoms with Crippen LogP contribution in [0.4, 0.5) is 17.6 Å². The number of aryl methyl sites for hydroxylation is 1. The summed E-state index contributed by atoms with van der Waals surface area (Å²) in [6, 6.07) is 4.39. The summed E-state index contributed by atoms with van der Waals surface area (Å²) in [5.74, 6) is 0.432. The Morgan fingerprint density at radius 3 is 2.00 bits per heavy atom. The summed E-state index contributed by atoms with van der Waals surface area (Å²) in [5.41, 5.74) is -0.364. The summed E-state index contributed by atoms with van der Waals surface area (Å²) >= 11 is 0. The standard InChI is InChI=1S/C12H10F4N4/c13-7-1-2-10-17-19-11(20-18-10)8-3-5-9(6-4-8)12(14,15)16/h3-6H,1-2,7H2. The van der Waals surface area contributed by atoms with Gasteiger partial charge in [0.15, 0.2) is 5.82 Å². The van der Waals surface area contributed by atoms with E-state index in [2.05, 4.69) is 20.4 Å². The van der Waals surface area contributed by atoms with E-state index in [0.717, 1.165) is 12.1 Å². The van der Waals surface area contributed by atoms with Crippen molar-refractivity contribution in [2.75, 3.05) is 6.67 Å². The summed E-state index contributed by atoms with van der Waals surface area (Å²) in [5, 5.41) is 15.0. The van der Waals surface area contributed by atoms with Gasteiger partial charge in [0.2, 0.25) is 5.82 Å². The summed E-state index contributed by atoms with van der Waals surface area (Å²) in [4.78, 5) is 0. The van der Waals surface area contributed by atoms with Crippen LogP contribution in [-0.4, -0.2) is 27.1 Å². The molecule has 4 nitrogen and oxygen atoms in total. The van der Waals surface area contributed by atoms with Crippen molar-refractivity contribution in [2.24, 2.45) is 0 Å². The second-order valence-corrected chi connectivity index (χ2v) is 4.01. The minimum Gasteiger partial charge on any atom is -0.251 e. The quantitative estimate of drug-likeness (QED) is 0.811. The van der Waals surface area contributed by atoms with Gasteiger partial charge in [-0.2, -0.15) is 13.2 Å². The normalized spacial score (nSPS) is 11.6. The lowest BCUT2D eigenvalue weighted by atomic mass is 10.1. The molecule has 0 N–H and O–H groups in total. The van der Waals surface area contributed by atoms with Crippen LogP contribution in [0.1, 0.15) is 17.8 Å². The van der Waals surface area contributed by atoms with Crippen LogP contribution in [0.3, 0.4) is 0 Å². The first-order valence-corrected chi connectivity index (χ1v) is 5.80. The first kappa shape index (κ1) is 14.3. The van der Waals surface area contributed by atoms with E-state index in [-0.39, 0.29) is 12.2 Å². The fraction of sp³-hybridized carbons (Fsp3) is 0.333. The van der Waals surface area contributed by atoms with Crippen molar-refractivity contribution in [3.05, 3.63) is 35.7 Å². The van der Waals surface area contributed by atoms with Gasteiger partial charge in [0.1, 0.15) is 0 Å². The molecule has 0 unspecified atom stereocenters.